The SMILES string of the molecule is Cc1cc2c(n1CCNC(N)=O)CC(C)(C)CC2O. The van der Waals surface area contributed by atoms with Crippen molar-refractivity contribution in [3.8, 4) is 0 Å². The summed E-state index contributed by atoms with van der Waals surface area (Å²) in [4.78, 5) is 10.7. The first-order valence-corrected chi connectivity index (χ1v) is 6.70. The van der Waals surface area contributed by atoms with Crippen molar-refractivity contribution in [3.63, 3.8) is 0 Å². The zero-order valence-corrected chi connectivity index (χ0v) is 11.9. The van der Waals surface area contributed by atoms with Crippen molar-refractivity contribution in [2.45, 2.75) is 46.3 Å². The number of amides is 2. The van der Waals surface area contributed by atoms with Crippen LogP contribution < -0.4 is 11.1 Å². The number of fused-ring (bicyclic) bond motifs is 1. The highest BCUT2D eigenvalue weighted by Gasteiger charge is 2.33. The molecule has 106 valence electrons. The van der Waals surface area contributed by atoms with Gasteiger partial charge in [-0.05, 0) is 31.2 Å². The Morgan fingerprint density at radius 3 is 2.95 bits per heavy atom. The fourth-order valence-corrected chi connectivity index (χ4v) is 3.00. The maximum atomic E-state index is 10.7. The molecule has 1 aliphatic rings. The molecule has 0 radical (unpaired) electrons. The minimum Gasteiger partial charge on any atom is -0.388 e. The number of hydrogen-bond donors (Lipinski definition) is 3. The summed E-state index contributed by atoms with van der Waals surface area (Å²) in [5.74, 6) is 0. The van der Waals surface area contributed by atoms with Gasteiger partial charge in [0, 0.05) is 30.0 Å². The van der Waals surface area contributed by atoms with Gasteiger partial charge in [0.05, 0.1) is 6.10 Å². The molecule has 5 nitrogen and oxygen atoms in total. The molecule has 1 aliphatic carbocycles. The van der Waals surface area contributed by atoms with Crippen LogP contribution in [-0.4, -0.2) is 22.2 Å². The van der Waals surface area contributed by atoms with Gasteiger partial charge in [-0.3, -0.25) is 0 Å². The summed E-state index contributed by atoms with van der Waals surface area (Å²) in [6, 6.07) is 1.55. The van der Waals surface area contributed by atoms with Crippen LogP contribution in [0.1, 0.15) is 43.3 Å². The van der Waals surface area contributed by atoms with E-state index in [1.807, 2.05) is 6.92 Å². The van der Waals surface area contributed by atoms with Crippen LogP contribution in [0.4, 0.5) is 4.79 Å². The minimum atomic E-state index is -0.501. The van der Waals surface area contributed by atoms with Gasteiger partial charge >= 0.3 is 6.03 Å². The molecule has 1 heterocycles. The van der Waals surface area contributed by atoms with Crippen molar-refractivity contribution in [3.05, 3.63) is 23.0 Å². The molecule has 1 atom stereocenters. The Kier molecular flexibility index (Phi) is 3.58. The molecular formula is C14H23N3O2. The zero-order valence-electron chi connectivity index (χ0n) is 11.9. The highest BCUT2D eigenvalue weighted by molar-refractivity contribution is 5.71. The van der Waals surface area contributed by atoms with Crippen LogP contribution in [-0.2, 0) is 13.0 Å². The second-order valence-corrected chi connectivity index (χ2v) is 6.19. The number of urea groups is 1. The van der Waals surface area contributed by atoms with Crippen molar-refractivity contribution >= 4 is 6.03 Å². The lowest BCUT2D eigenvalue weighted by Crippen LogP contribution is -2.33. The molecular weight excluding hydrogens is 242 g/mol. The number of aryl methyl sites for hydroxylation is 1. The molecule has 19 heavy (non-hydrogen) atoms. The first-order valence-electron chi connectivity index (χ1n) is 6.70. The summed E-state index contributed by atoms with van der Waals surface area (Å²) in [6.45, 7) is 7.57. The van der Waals surface area contributed by atoms with Crippen molar-refractivity contribution < 1.29 is 9.90 Å². The largest absolute Gasteiger partial charge is 0.388 e. The molecule has 0 bridgehead atoms. The summed E-state index contributed by atoms with van der Waals surface area (Å²) in [7, 11) is 0. The van der Waals surface area contributed by atoms with Crippen molar-refractivity contribution in [1.82, 2.24) is 9.88 Å². The van der Waals surface area contributed by atoms with Crippen LogP contribution >= 0.6 is 0 Å². The van der Waals surface area contributed by atoms with E-state index in [-0.39, 0.29) is 11.5 Å². The highest BCUT2D eigenvalue weighted by atomic mass is 16.3. The van der Waals surface area contributed by atoms with Gasteiger partial charge in [-0.2, -0.15) is 0 Å². The predicted molar refractivity (Wildman–Crippen MR) is 73.8 cm³/mol. The summed E-state index contributed by atoms with van der Waals surface area (Å²) in [5.41, 5.74) is 8.52. The number of aliphatic hydroxyl groups excluding tert-OH is 1. The summed E-state index contributed by atoms with van der Waals surface area (Å²) >= 11 is 0. The second kappa shape index (κ2) is 4.89. The first-order chi connectivity index (χ1) is 8.80. The van der Waals surface area contributed by atoms with E-state index in [0.29, 0.717) is 13.1 Å². The Hall–Kier alpha value is -1.49. The lowest BCUT2D eigenvalue weighted by Gasteiger charge is -2.34. The van der Waals surface area contributed by atoms with Gasteiger partial charge in [0.25, 0.3) is 0 Å². The van der Waals surface area contributed by atoms with E-state index in [1.54, 1.807) is 0 Å². The molecule has 4 N–H and O–H groups in total. The Bertz CT molecular complexity index is 491. The maximum absolute atomic E-state index is 10.7. The molecule has 0 saturated heterocycles. The topological polar surface area (TPSA) is 80.3 Å². The Labute approximate surface area is 113 Å². The van der Waals surface area contributed by atoms with E-state index in [2.05, 4.69) is 29.8 Å². The van der Waals surface area contributed by atoms with Gasteiger partial charge in [0.15, 0.2) is 0 Å². The van der Waals surface area contributed by atoms with E-state index in [0.717, 1.165) is 24.1 Å². The monoisotopic (exact) mass is 265 g/mol. The third-order valence-corrected chi connectivity index (χ3v) is 3.83. The van der Waals surface area contributed by atoms with Crippen LogP contribution in [0.5, 0.6) is 0 Å². The molecule has 1 aromatic heterocycles. The number of nitrogens with zero attached hydrogens (tertiary/aromatic N) is 1. The van der Waals surface area contributed by atoms with E-state index in [4.69, 9.17) is 5.73 Å². The van der Waals surface area contributed by atoms with Gasteiger partial charge in [-0.25, -0.2) is 4.79 Å². The number of rotatable bonds is 3. The number of hydrogen-bond acceptors (Lipinski definition) is 2. The molecule has 1 unspecified atom stereocenters. The molecule has 5 heteroatoms. The molecule has 2 rings (SSSR count). The molecule has 0 fully saturated rings. The number of nitrogens with two attached hydrogens (primary N) is 1. The number of nitrogens with one attached hydrogen (secondary N) is 1. The maximum Gasteiger partial charge on any atom is 0.312 e. The minimum absolute atomic E-state index is 0.103. The van der Waals surface area contributed by atoms with E-state index < -0.39 is 6.03 Å². The summed E-state index contributed by atoms with van der Waals surface area (Å²) < 4.78 is 2.18. The Morgan fingerprint density at radius 1 is 1.63 bits per heavy atom. The lowest BCUT2D eigenvalue weighted by atomic mass is 9.75. The molecule has 1 aromatic rings. The average molecular weight is 265 g/mol. The standard InChI is InChI=1S/C14H23N3O2/c1-9-6-10-11(7-14(2,3)8-12(10)18)17(9)5-4-16-13(15)19/h6,12,18H,4-5,7-8H2,1-3H3,(H3,15,16,19). The van der Waals surface area contributed by atoms with Crippen molar-refractivity contribution in [2.24, 2.45) is 11.1 Å². The normalized spacial score (nSPS) is 20.9. The third-order valence-electron chi connectivity index (χ3n) is 3.83. The highest BCUT2D eigenvalue weighted by Crippen LogP contribution is 2.41. The van der Waals surface area contributed by atoms with E-state index in [9.17, 15) is 9.90 Å². The molecule has 0 aromatic carbocycles. The Morgan fingerprint density at radius 2 is 2.32 bits per heavy atom. The number of aromatic nitrogens is 1. The summed E-state index contributed by atoms with van der Waals surface area (Å²) in [6.07, 6.45) is 1.36. The van der Waals surface area contributed by atoms with Gasteiger partial charge in [-0.15, -0.1) is 0 Å². The molecule has 0 spiro atoms. The van der Waals surface area contributed by atoms with Gasteiger partial charge in [0.1, 0.15) is 0 Å². The first kappa shape index (κ1) is 13.9. The molecule has 0 aliphatic heterocycles. The molecule has 0 saturated carbocycles. The fraction of sp³-hybridized carbons (Fsp3) is 0.643. The van der Waals surface area contributed by atoms with Gasteiger partial charge < -0.3 is 20.7 Å². The fourth-order valence-electron chi connectivity index (χ4n) is 3.00. The number of carbonyl (C=O) groups is 1. The third kappa shape index (κ3) is 2.92. The van der Waals surface area contributed by atoms with Crippen LogP contribution in [0.25, 0.3) is 0 Å². The van der Waals surface area contributed by atoms with Crippen LogP contribution in [0.15, 0.2) is 6.07 Å². The van der Waals surface area contributed by atoms with E-state index >= 15 is 0 Å². The number of carbonyl (C=O) groups excluding carboxylic acids is 1. The van der Waals surface area contributed by atoms with Crippen LogP contribution in [0.3, 0.4) is 0 Å². The zero-order chi connectivity index (χ0) is 14.2. The average Bonchev–Trinajstić information content (AvgIpc) is 2.55. The van der Waals surface area contributed by atoms with Gasteiger partial charge in [-0.1, -0.05) is 13.8 Å². The Balaban J connectivity index is 2.23. The quantitative estimate of drug-likeness (QED) is 0.773. The van der Waals surface area contributed by atoms with Crippen molar-refractivity contribution in [1.29, 1.82) is 0 Å². The van der Waals surface area contributed by atoms with Gasteiger partial charge in [0.2, 0.25) is 0 Å². The second-order valence-electron chi connectivity index (χ2n) is 6.19. The van der Waals surface area contributed by atoms with Crippen LogP contribution in [0, 0.1) is 12.3 Å². The number of primary amides is 1. The summed E-state index contributed by atoms with van der Waals surface area (Å²) in [5, 5.41) is 12.9. The lowest BCUT2D eigenvalue weighted by molar-refractivity contribution is 0.0979. The molecule has 2 amide bonds. The number of aliphatic hydroxyl groups is 1. The van der Waals surface area contributed by atoms with E-state index in [1.165, 1.54) is 5.69 Å². The van der Waals surface area contributed by atoms with Crippen LogP contribution in [0.2, 0.25) is 0 Å². The van der Waals surface area contributed by atoms with Crippen molar-refractivity contribution in [2.75, 3.05) is 6.54 Å². The predicted octanol–water partition coefficient (Wildman–Crippen LogP) is 1.47. The smallest absolute Gasteiger partial charge is 0.312 e.